The highest BCUT2D eigenvalue weighted by Crippen LogP contribution is 2.25. The number of pyridine rings is 1. The minimum absolute atomic E-state index is 0.275. The van der Waals surface area contributed by atoms with Gasteiger partial charge in [0.1, 0.15) is 11.5 Å². The number of anilines is 2. The molecule has 4 aromatic rings. The van der Waals surface area contributed by atoms with E-state index in [1.807, 2.05) is 73.8 Å². The summed E-state index contributed by atoms with van der Waals surface area (Å²) in [6.45, 7) is 1.03. The Bertz CT molecular complexity index is 1120. The summed E-state index contributed by atoms with van der Waals surface area (Å²) in [6, 6.07) is 21.4. The predicted molar refractivity (Wildman–Crippen MR) is 116 cm³/mol. The number of rotatable bonds is 6. The molecule has 0 radical (unpaired) electrons. The van der Waals surface area contributed by atoms with Gasteiger partial charge in [0.25, 0.3) is 0 Å². The number of aromatic nitrogens is 3. The summed E-state index contributed by atoms with van der Waals surface area (Å²) in [7, 11) is 1.83. The van der Waals surface area contributed by atoms with Crippen LogP contribution in [-0.2, 0) is 7.05 Å². The van der Waals surface area contributed by atoms with Crippen molar-refractivity contribution in [3.8, 4) is 11.3 Å². The van der Waals surface area contributed by atoms with E-state index in [0.29, 0.717) is 18.8 Å². The number of nitrogens with one attached hydrogen (secondary N) is 3. The molecule has 0 spiro atoms. The third-order valence-corrected chi connectivity index (χ3v) is 4.44. The molecule has 4 rings (SSSR count). The fourth-order valence-corrected chi connectivity index (χ4v) is 3.09. The molecule has 2 amide bonds. The van der Waals surface area contributed by atoms with Crippen molar-refractivity contribution in [2.24, 2.45) is 7.05 Å². The Balaban J connectivity index is 1.30. The summed E-state index contributed by atoms with van der Waals surface area (Å²) in [6.07, 6.45) is 1.79. The van der Waals surface area contributed by atoms with Crippen molar-refractivity contribution < 1.29 is 4.79 Å². The molecular weight excluding hydrogens is 364 g/mol. The van der Waals surface area contributed by atoms with Gasteiger partial charge in [-0.1, -0.05) is 48.5 Å². The zero-order chi connectivity index (χ0) is 20.1. The minimum atomic E-state index is -0.275. The van der Waals surface area contributed by atoms with Crippen molar-refractivity contribution in [1.82, 2.24) is 20.1 Å². The van der Waals surface area contributed by atoms with E-state index in [1.54, 1.807) is 10.9 Å². The van der Waals surface area contributed by atoms with E-state index in [2.05, 4.69) is 26.0 Å². The lowest BCUT2D eigenvalue weighted by Gasteiger charge is -2.09. The zero-order valence-electron chi connectivity index (χ0n) is 16.1. The van der Waals surface area contributed by atoms with E-state index in [-0.39, 0.29) is 6.03 Å². The molecule has 29 heavy (non-hydrogen) atoms. The fraction of sp³-hybridized carbons (Fsp3) is 0.136. The third-order valence-electron chi connectivity index (χ3n) is 4.44. The van der Waals surface area contributed by atoms with Crippen LogP contribution in [0.5, 0.6) is 0 Å². The van der Waals surface area contributed by atoms with Crippen molar-refractivity contribution in [2.75, 3.05) is 23.7 Å². The Morgan fingerprint density at radius 1 is 0.966 bits per heavy atom. The van der Waals surface area contributed by atoms with Gasteiger partial charge in [-0.25, -0.2) is 9.78 Å². The van der Waals surface area contributed by atoms with Crippen LogP contribution in [0.1, 0.15) is 0 Å². The van der Waals surface area contributed by atoms with Crippen LogP contribution in [0.25, 0.3) is 22.2 Å². The van der Waals surface area contributed by atoms with Crippen molar-refractivity contribution in [1.29, 1.82) is 0 Å². The standard InChI is InChI=1S/C22H22N6O/c1-28-15-19(21(27-28)17-8-3-2-4-9-17)26-22(29)24-14-13-23-20-12-11-16-7-5-6-10-18(16)25-20/h2-12,15H,13-14H2,1H3,(H,23,25)(H2,24,26,29). The Morgan fingerprint density at radius 3 is 2.62 bits per heavy atom. The first-order valence-corrected chi connectivity index (χ1v) is 9.42. The van der Waals surface area contributed by atoms with Gasteiger partial charge in [-0.15, -0.1) is 0 Å². The molecule has 0 aliphatic heterocycles. The molecule has 2 aromatic heterocycles. The summed E-state index contributed by atoms with van der Waals surface area (Å²) in [5, 5.41) is 14.5. The topological polar surface area (TPSA) is 83.9 Å². The first-order valence-electron chi connectivity index (χ1n) is 9.42. The van der Waals surface area contributed by atoms with Gasteiger partial charge in [-0.05, 0) is 18.2 Å². The molecule has 146 valence electrons. The largest absolute Gasteiger partial charge is 0.368 e. The number of urea groups is 1. The van der Waals surface area contributed by atoms with Crippen LogP contribution in [0.3, 0.4) is 0 Å². The zero-order valence-corrected chi connectivity index (χ0v) is 16.1. The van der Waals surface area contributed by atoms with Crippen molar-refractivity contribution in [3.63, 3.8) is 0 Å². The van der Waals surface area contributed by atoms with Gasteiger partial charge >= 0.3 is 6.03 Å². The molecule has 0 aliphatic rings. The number of carbonyl (C=O) groups excluding carboxylic acids is 1. The van der Waals surface area contributed by atoms with Gasteiger partial charge in [0.05, 0.1) is 11.2 Å². The number of fused-ring (bicyclic) bond motifs is 1. The van der Waals surface area contributed by atoms with Gasteiger partial charge in [0.15, 0.2) is 0 Å². The number of aryl methyl sites for hydroxylation is 1. The monoisotopic (exact) mass is 386 g/mol. The normalized spacial score (nSPS) is 10.7. The van der Waals surface area contributed by atoms with E-state index in [1.165, 1.54) is 0 Å². The molecule has 7 heteroatoms. The third kappa shape index (κ3) is 4.52. The lowest BCUT2D eigenvalue weighted by atomic mass is 10.1. The van der Waals surface area contributed by atoms with Crippen molar-refractivity contribution in [3.05, 3.63) is 72.9 Å². The van der Waals surface area contributed by atoms with E-state index < -0.39 is 0 Å². The van der Waals surface area contributed by atoms with Gasteiger partial charge in [-0.3, -0.25) is 4.68 Å². The average Bonchev–Trinajstić information content (AvgIpc) is 3.11. The van der Waals surface area contributed by atoms with Gasteiger partial charge < -0.3 is 16.0 Å². The lowest BCUT2D eigenvalue weighted by Crippen LogP contribution is -2.32. The lowest BCUT2D eigenvalue weighted by molar-refractivity contribution is 0.252. The number of nitrogens with zero attached hydrogens (tertiary/aromatic N) is 3. The molecule has 2 heterocycles. The summed E-state index contributed by atoms with van der Waals surface area (Å²) < 4.78 is 1.69. The summed E-state index contributed by atoms with van der Waals surface area (Å²) in [4.78, 5) is 16.8. The Kier molecular flexibility index (Phi) is 5.38. The molecule has 0 saturated heterocycles. The number of para-hydroxylation sites is 1. The minimum Gasteiger partial charge on any atom is -0.368 e. The van der Waals surface area contributed by atoms with Crippen LogP contribution in [0.2, 0.25) is 0 Å². The summed E-state index contributed by atoms with van der Waals surface area (Å²) >= 11 is 0. The highest BCUT2D eigenvalue weighted by molar-refractivity contribution is 5.93. The average molecular weight is 386 g/mol. The molecular formula is C22H22N6O. The molecule has 7 nitrogen and oxygen atoms in total. The fourth-order valence-electron chi connectivity index (χ4n) is 3.09. The summed E-state index contributed by atoms with van der Waals surface area (Å²) in [5.74, 6) is 0.782. The van der Waals surface area contributed by atoms with Crippen molar-refractivity contribution >= 4 is 28.4 Å². The molecule has 0 unspecified atom stereocenters. The van der Waals surface area contributed by atoms with Crippen LogP contribution < -0.4 is 16.0 Å². The number of amides is 2. The second kappa shape index (κ2) is 8.43. The van der Waals surface area contributed by atoms with Crippen molar-refractivity contribution in [2.45, 2.75) is 0 Å². The maximum atomic E-state index is 12.3. The van der Waals surface area contributed by atoms with Gasteiger partial charge in [0.2, 0.25) is 0 Å². The molecule has 0 fully saturated rings. The Morgan fingerprint density at radius 2 is 1.76 bits per heavy atom. The molecule has 0 aliphatic carbocycles. The number of hydrogen-bond acceptors (Lipinski definition) is 4. The van der Waals surface area contributed by atoms with Crippen LogP contribution in [0.4, 0.5) is 16.3 Å². The highest BCUT2D eigenvalue weighted by Gasteiger charge is 2.12. The second-order valence-electron chi connectivity index (χ2n) is 6.63. The number of benzene rings is 2. The van der Waals surface area contributed by atoms with E-state index >= 15 is 0 Å². The van der Waals surface area contributed by atoms with E-state index in [0.717, 1.165) is 28.0 Å². The maximum absolute atomic E-state index is 12.3. The van der Waals surface area contributed by atoms with Crippen LogP contribution >= 0.6 is 0 Å². The molecule has 2 aromatic carbocycles. The SMILES string of the molecule is Cn1cc(NC(=O)NCCNc2ccc3ccccc3n2)c(-c2ccccc2)n1. The Hall–Kier alpha value is -3.87. The molecule has 0 bridgehead atoms. The summed E-state index contributed by atoms with van der Waals surface area (Å²) in [5.41, 5.74) is 3.29. The van der Waals surface area contributed by atoms with E-state index in [9.17, 15) is 4.79 Å². The molecule has 0 atom stereocenters. The molecule has 3 N–H and O–H groups in total. The van der Waals surface area contributed by atoms with Gasteiger partial charge in [0, 0.05) is 37.3 Å². The second-order valence-corrected chi connectivity index (χ2v) is 6.63. The first kappa shape index (κ1) is 18.5. The first-order chi connectivity index (χ1) is 14.2. The van der Waals surface area contributed by atoms with Crippen LogP contribution in [-0.4, -0.2) is 33.9 Å². The highest BCUT2D eigenvalue weighted by atomic mass is 16.2. The predicted octanol–water partition coefficient (Wildman–Crippen LogP) is 3.87. The van der Waals surface area contributed by atoms with Crippen LogP contribution in [0, 0.1) is 0 Å². The maximum Gasteiger partial charge on any atom is 0.319 e. The van der Waals surface area contributed by atoms with E-state index in [4.69, 9.17) is 0 Å². The van der Waals surface area contributed by atoms with Gasteiger partial charge in [-0.2, -0.15) is 5.10 Å². The molecule has 0 saturated carbocycles. The van der Waals surface area contributed by atoms with Crippen LogP contribution in [0.15, 0.2) is 72.9 Å². The number of carbonyl (C=O) groups is 1. The quantitative estimate of drug-likeness (QED) is 0.439. The number of hydrogen-bond donors (Lipinski definition) is 3. The Labute approximate surface area is 168 Å². The smallest absolute Gasteiger partial charge is 0.319 e.